The number of fused-ring (bicyclic) bond motifs is 3. The van der Waals surface area contributed by atoms with Crippen molar-refractivity contribution in [2.45, 2.75) is 71.0 Å². The number of aryl methyl sites for hydroxylation is 1. The minimum absolute atomic E-state index is 0.00531. The SMILES string of the molecule is CC1(C)[C@H]2CC[C@@]1(C)[C@H](n1c(=O)n3n(c1=O)[C@H]1C4=C(CCc5ccccc54)[C@H]3[C@H]3C=C[C@@H]31)C2. The van der Waals surface area contributed by atoms with Crippen LogP contribution in [0.5, 0.6) is 0 Å². The van der Waals surface area contributed by atoms with E-state index < -0.39 is 0 Å². The minimum Gasteiger partial charge on any atom is -0.246 e. The van der Waals surface area contributed by atoms with Crippen LogP contribution in [0.2, 0.25) is 0 Å². The molecule has 7 atom stereocenters. The molecular weight excluding hydrogens is 410 g/mol. The third-order valence-electron chi connectivity index (χ3n) is 11.3. The number of nitrogens with zero attached hydrogens (tertiary/aromatic N) is 3. The lowest BCUT2D eigenvalue weighted by Gasteiger charge is -2.54. The van der Waals surface area contributed by atoms with E-state index in [1.807, 2.05) is 9.36 Å². The fourth-order valence-corrected chi connectivity index (χ4v) is 9.07. The molecular formula is C28H31N3O2. The van der Waals surface area contributed by atoms with Gasteiger partial charge in [-0.3, -0.25) is 0 Å². The van der Waals surface area contributed by atoms with E-state index in [1.54, 1.807) is 4.57 Å². The molecule has 170 valence electrons. The van der Waals surface area contributed by atoms with Gasteiger partial charge >= 0.3 is 11.4 Å². The summed E-state index contributed by atoms with van der Waals surface area (Å²) in [5, 5.41) is 0. The van der Waals surface area contributed by atoms with Crippen LogP contribution in [-0.4, -0.2) is 13.9 Å². The Kier molecular flexibility index (Phi) is 3.17. The first-order valence-corrected chi connectivity index (χ1v) is 12.8. The van der Waals surface area contributed by atoms with E-state index in [-0.39, 0.29) is 40.3 Å². The smallest absolute Gasteiger partial charge is 0.246 e. The van der Waals surface area contributed by atoms with Crippen LogP contribution in [0.1, 0.15) is 75.7 Å². The molecule has 2 aliphatic heterocycles. The van der Waals surface area contributed by atoms with Gasteiger partial charge in [-0.15, -0.1) is 0 Å². The molecule has 1 aromatic heterocycles. The van der Waals surface area contributed by atoms with E-state index in [0.29, 0.717) is 17.8 Å². The molecule has 5 heteroatoms. The number of aromatic nitrogens is 3. The highest BCUT2D eigenvalue weighted by Crippen LogP contribution is 2.69. The molecule has 3 heterocycles. The van der Waals surface area contributed by atoms with Crippen LogP contribution in [0.3, 0.4) is 0 Å². The second-order valence-corrected chi connectivity index (χ2v) is 12.3. The van der Waals surface area contributed by atoms with Gasteiger partial charge in [0.2, 0.25) is 0 Å². The van der Waals surface area contributed by atoms with Crippen molar-refractivity contribution in [2.75, 3.05) is 0 Å². The normalized spacial score (nSPS) is 40.3. The van der Waals surface area contributed by atoms with Crippen LogP contribution in [0.25, 0.3) is 5.57 Å². The molecule has 0 saturated heterocycles. The Morgan fingerprint density at radius 3 is 2.27 bits per heavy atom. The molecule has 5 aliphatic carbocycles. The maximum absolute atomic E-state index is 14.2. The number of benzene rings is 1. The highest BCUT2D eigenvalue weighted by Gasteiger charge is 2.63. The number of hydrogen-bond donors (Lipinski definition) is 0. The first-order chi connectivity index (χ1) is 15.8. The second kappa shape index (κ2) is 5.56. The van der Waals surface area contributed by atoms with Crippen molar-refractivity contribution in [2.24, 2.45) is 28.6 Å². The highest BCUT2D eigenvalue weighted by molar-refractivity contribution is 5.79. The Morgan fingerprint density at radius 2 is 1.61 bits per heavy atom. The molecule has 0 spiro atoms. The van der Waals surface area contributed by atoms with Gasteiger partial charge in [-0.25, -0.2) is 23.5 Å². The summed E-state index contributed by atoms with van der Waals surface area (Å²) in [5.41, 5.74) is 5.45. The summed E-state index contributed by atoms with van der Waals surface area (Å²) in [6.07, 6.45) is 9.86. The van der Waals surface area contributed by atoms with E-state index in [2.05, 4.69) is 57.2 Å². The maximum Gasteiger partial charge on any atom is 0.348 e. The summed E-state index contributed by atoms with van der Waals surface area (Å²) >= 11 is 0. The number of rotatable bonds is 1. The topological polar surface area (TPSA) is 48.9 Å². The highest BCUT2D eigenvalue weighted by atomic mass is 16.2. The van der Waals surface area contributed by atoms with Gasteiger partial charge in [-0.1, -0.05) is 57.2 Å². The average Bonchev–Trinajstić information content (AvgIpc) is 3.25. The number of allylic oxidation sites excluding steroid dienone is 4. The quantitative estimate of drug-likeness (QED) is 0.612. The lowest BCUT2D eigenvalue weighted by molar-refractivity contribution is 0.103. The molecule has 2 aromatic rings. The van der Waals surface area contributed by atoms with Crippen molar-refractivity contribution in [1.82, 2.24) is 13.9 Å². The molecule has 1 aromatic carbocycles. The standard InChI is InChI=1S/C28H31N3O2/c1-27(2)16-12-13-28(27,3)21(14-16)29-25(32)30-23-18-10-11-19(18)24(31(30)26(29)33)22-17-7-5-4-6-15(17)8-9-20(22)23/h4-7,10-11,16,18-19,21,23-24H,8-9,12-14H2,1-3H3/t16-,18-,19-,21+,23+,24+,28-/m0/s1. The first kappa shape index (κ1) is 18.8. The zero-order chi connectivity index (χ0) is 22.4. The average molecular weight is 442 g/mol. The van der Waals surface area contributed by atoms with Gasteiger partial charge < -0.3 is 0 Å². The van der Waals surface area contributed by atoms with Crippen LogP contribution in [0.15, 0.2) is 51.6 Å². The monoisotopic (exact) mass is 441 g/mol. The van der Waals surface area contributed by atoms with Crippen LogP contribution < -0.4 is 11.4 Å². The van der Waals surface area contributed by atoms with Gasteiger partial charge in [0.1, 0.15) is 0 Å². The summed E-state index contributed by atoms with van der Waals surface area (Å²) in [4.78, 5) is 28.3. The summed E-state index contributed by atoms with van der Waals surface area (Å²) in [5.74, 6) is 1.26. The summed E-state index contributed by atoms with van der Waals surface area (Å²) in [7, 11) is 0. The molecule has 9 rings (SSSR count). The van der Waals surface area contributed by atoms with E-state index in [0.717, 1.165) is 25.7 Å². The molecule has 0 amide bonds. The van der Waals surface area contributed by atoms with Crippen molar-refractivity contribution < 1.29 is 0 Å². The second-order valence-electron chi connectivity index (χ2n) is 12.3. The van der Waals surface area contributed by atoms with E-state index >= 15 is 0 Å². The first-order valence-electron chi connectivity index (χ1n) is 12.8. The molecule has 0 unspecified atom stereocenters. The number of hydrogen-bond acceptors (Lipinski definition) is 2. The maximum atomic E-state index is 14.2. The molecule has 2 fully saturated rings. The van der Waals surface area contributed by atoms with E-state index in [1.165, 1.54) is 28.7 Å². The molecule has 2 saturated carbocycles. The zero-order valence-electron chi connectivity index (χ0n) is 19.6. The van der Waals surface area contributed by atoms with Crippen LogP contribution in [-0.2, 0) is 6.42 Å². The Hall–Kier alpha value is -2.56. The minimum atomic E-state index is -0.0714. The van der Waals surface area contributed by atoms with Crippen molar-refractivity contribution in [3.05, 3.63) is 74.1 Å². The van der Waals surface area contributed by atoms with Gasteiger partial charge in [0.25, 0.3) is 0 Å². The van der Waals surface area contributed by atoms with Crippen molar-refractivity contribution in [3.8, 4) is 0 Å². The predicted octanol–water partition coefficient (Wildman–Crippen LogP) is 4.51. The third-order valence-corrected chi connectivity index (χ3v) is 11.3. The fourth-order valence-electron chi connectivity index (χ4n) is 9.07. The lowest BCUT2D eigenvalue weighted by Crippen LogP contribution is -2.54. The zero-order valence-corrected chi connectivity index (χ0v) is 19.6. The van der Waals surface area contributed by atoms with Gasteiger partial charge in [0.15, 0.2) is 0 Å². The molecule has 5 nitrogen and oxygen atoms in total. The summed E-state index contributed by atoms with van der Waals surface area (Å²) < 4.78 is 5.49. The Labute approximate surface area is 193 Å². The van der Waals surface area contributed by atoms with Gasteiger partial charge in [-0.05, 0) is 71.1 Å². The molecule has 4 bridgehead atoms. The van der Waals surface area contributed by atoms with Crippen LogP contribution >= 0.6 is 0 Å². The molecule has 7 aliphatic rings. The van der Waals surface area contributed by atoms with Crippen molar-refractivity contribution in [1.29, 1.82) is 0 Å². The van der Waals surface area contributed by atoms with Gasteiger partial charge in [-0.2, -0.15) is 0 Å². The molecule has 0 N–H and O–H groups in total. The van der Waals surface area contributed by atoms with Gasteiger partial charge in [0, 0.05) is 17.9 Å². The van der Waals surface area contributed by atoms with Crippen molar-refractivity contribution in [3.63, 3.8) is 0 Å². The largest absolute Gasteiger partial charge is 0.348 e. The predicted molar refractivity (Wildman–Crippen MR) is 127 cm³/mol. The summed E-state index contributed by atoms with van der Waals surface area (Å²) in [6.45, 7) is 7.04. The van der Waals surface area contributed by atoms with E-state index in [4.69, 9.17) is 0 Å². The van der Waals surface area contributed by atoms with Crippen LogP contribution in [0, 0.1) is 28.6 Å². The van der Waals surface area contributed by atoms with E-state index in [9.17, 15) is 9.59 Å². The van der Waals surface area contributed by atoms with Crippen molar-refractivity contribution >= 4 is 5.57 Å². The Balaban J connectivity index is 1.37. The molecule has 33 heavy (non-hydrogen) atoms. The molecule has 0 radical (unpaired) electrons. The lowest BCUT2D eigenvalue weighted by atomic mass is 9.59. The third kappa shape index (κ3) is 1.85. The Bertz CT molecular complexity index is 1430. The van der Waals surface area contributed by atoms with Crippen LogP contribution in [0.4, 0.5) is 0 Å². The fraction of sp³-hybridized carbons (Fsp3) is 0.571. The van der Waals surface area contributed by atoms with Gasteiger partial charge in [0.05, 0.1) is 12.1 Å². The summed E-state index contributed by atoms with van der Waals surface area (Å²) in [6, 6.07) is 8.64. The Morgan fingerprint density at radius 1 is 0.909 bits per heavy atom.